The van der Waals surface area contributed by atoms with Crippen LogP contribution in [0.1, 0.15) is 53.9 Å². The first-order valence-corrected chi connectivity index (χ1v) is 12.6. The summed E-state index contributed by atoms with van der Waals surface area (Å²) in [6, 6.07) is 12.9. The van der Waals surface area contributed by atoms with Crippen molar-refractivity contribution >= 4 is 38.3 Å². The molecule has 3 heterocycles. The van der Waals surface area contributed by atoms with Gasteiger partial charge in [-0.05, 0) is 49.9 Å². The number of rotatable bonds is 7. The Morgan fingerprint density at radius 2 is 2.00 bits per heavy atom. The van der Waals surface area contributed by atoms with Gasteiger partial charge in [0.15, 0.2) is 5.13 Å². The third kappa shape index (κ3) is 4.77. The number of hydrogen-bond donors (Lipinski definition) is 2. The first-order chi connectivity index (χ1) is 16.6. The minimum absolute atomic E-state index is 0.170. The molecule has 1 aliphatic carbocycles. The number of pyridine rings is 1. The molecule has 0 atom stereocenters. The van der Waals surface area contributed by atoms with Crippen LogP contribution >= 0.6 is 11.3 Å². The molecule has 1 aliphatic rings. The largest absolute Gasteiger partial charge is 0.467 e. The number of carbonyl (C=O) groups is 1. The third-order valence-corrected chi connectivity index (χ3v) is 7.46. The molecule has 0 saturated heterocycles. The molecule has 176 valence electrons. The second-order valence-corrected chi connectivity index (χ2v) is 9.88. The molecule has 0 unspecified atom stereocenters. The summed E-state index contributed by atoms with van der Waals surface area (Å²) in [5.41, 5.74) is 2.30. The fourth-order valence-electron chi connectivity index (χ4n) is 4.68. The Balaban J connectivity index is 1.47. The summed E-state index contributed by atoms with van der Waals surface area (Å²) < 4.78 is 8.04. The number of hydrogen-bond acceptors (Lipinski definition) is 6. The molecule has 1 amide bonds. The minimum Gasteiger partial charge on any atom is -0.467 e. The van der Waals surface area contributed by atoms with E-state index >= 15 is 0 Å². The summed E-state index contributed by atoms with van der Waals surface area (Å²) in [6.07, 6.45) is 7.69. The van der Waals surface area contributed by atoms with E-state index in [-0.39, 0.29) is 18.0 Å². The molecule has 8 heteroatoms. The van der Waals surface area contributed by atoms with Crippen molar-refractivity contribution in [3.8, 4) is 0 Å². The Bertz CT molecular complexity index is 1320. The molecule has 1 saturated carbocycles. The Kier molecular flexibility index (Phi) is 6.49. The van der Waals surface area contributed by atoms with Crippen LogP contribution in [0.5, 0.6) is 0 Å². The van der Waals surface area contributed by atoms with Gasteiger partial charge in [0.1, 0.15) is 5.76 Å². The maximum Gasteiger partial charge on any atom is 0.261 e. The Morgan fingerprint density at radius 1 is 1.18 bits per heavy atom. The number of carbonyl (C=O) groups excluding carboxylic acids is 1. The van der Waals surface area contributed by atoms with E-state index in [2.05, 4.69) is 15.6 Å². The van der Waals surface area contributed by atoms with Crippen molar-refractivity contribution in [1.82, 2.24) is 9.55 Å². The van der Waals surface area contributed by atoms with Gasteiger partial charge in [0.2, 0.25) is 0 Å². The van der Waals surface area contributed by atoms with Gasteiger partial charge in [-0.15, -0.1) is 0 Å². The van der Waals surface area contributed by atoms with Crippen LogP contribution in [0.4, 0.5) is 10.8 Å². The minimum atomic E-state index is -0.282. The van der Waals surface area contributed by atoms with E-state index in [0.29, 0.717) is 33.8 Å². The lowest BCUT2D eigenvalue weighted by molar-refractivity contribution is 0.102. The summed E-state index contributed by atoms with van der Waals surface area (Å²) >= 11 is 1.43. The van der Waals surface area contributed by atoms with Crippen molar-refractivity contribution in [2.75, 3.05) is 17.2 Å². The van der Waals surface area contributed by atoms with Gasteiger partial charge in [-0.1, -0.05) is 42.7 Å². The average Bonchev–Trinajstić information content (AvgIpc) is 3.50. The molecule has 34 heavy (non-hydrogen) atoms. The first-order valence-electron chi connectivity index (χ1n) is 11.8. The van der Waals surface area contributed by atoms with E-state index in [1.54, 1.807) is 16.9 Å². The van der Waals surface area contributed by atoms with Crippen LogP contribution in [0, 0.1) is 12.8 Å². The van der Waals surface area contributed by atoms with E-state index in [0.717, 1.165) is 16.8 Å². The first kappa shape index (κ1) is 22.4. The molecule has 0 aliphatic heterocycles. The zero-order valence-electron chi connectivity index (χ0n) is 19.2. The maximum atomic E-state index is 13.5. The number of furan rings is 1. The molecule has 2 N–H and O–H groups in total. The number of benzene rings is 1. The van der Waals surface area contributed by atoms with Crippen molar-refractivity contribution in [3.05, 3.63) is 76.1 Å². The lowest BCUT2D eigenvalue weighted by Crippen LogP contribution is -2.29. The molecule has 3 aromatic heterocycles. The van der Waals surface area contributed by atoms with Gasteiger partial charge in [-0.25, -0.2) is 4.98 Å². The van der Waals surface area contributed by atoms with Gasteiger partial charge >= 0.3 is 0 Å². The SMILES string of the molecule is Cc1c(C(=O)Nc2nc3ccccc3s2)c(NCC2CCCCC2)cc(=O)n1Cc1ccco1. The van der Waals surface area contributed by atoms with Crippen LogP contribution in [-0.4, -0.2) is 22.0 Å². The summed E-state index contributed by atoms with van der Waals surface area (Å²) in [7, 11) is 0. The van der Waals surface area contributed by atoms with Crippen LogP contribution in [0.2, 0.25) is 0 Å². The molecule has 0 bridgehead atoms. The van der Waals surface area contributed by atoms with Gasteiger partial charge in [-0.3, -0.25) is 14.9 Å². The van der Waals surface area contributed by atoms with E-state index in [4.69, 9.17) is 4.42 Å². The van der Waals surface area contributed by atoms with Crippen molar-refractivity contribution in [2.24, 2.45) is 5.92 Å². The fraction of sp³-hybridized carbons (Fsp3) is 0.346. The smallest absolute Gasteiger partial charge is 0.261 e. The molecule has 7 nitrogen and oxygen atoms in total. The van der Waals surface area contributed by atoms with Gasteiger partial charge in [0, 0.05) is 18.3 Å². The third-order valence-electron chi connectivity index (χ3n) is 6.51. The number of para-hydroxylation sites is 1. The second-order valence-electron chi connectivity index (χ2n) is 8.85. The molecule has 0 radical (unpaired) electrons. The average molecular weight is 477 g/mol. The standard InChI is InChI=1S/C26H28N4O3S/c1-17-24(25(32)29-26-28-20-11-5-6-12-22(20)34-26)21(27-15-18-8-3-2-4-9-18)14-23(31)30(17)16-19-10-7-13-33-19/h5-7,10-14,18,27H,2-4,8-9,15-16H2,1H3,(H,28,29,32). The van der Waals surface area contributed by atoms with Gasteiger partial charge in [0.25, 0.3) is 11.5 Å². The van der Waals surface area contributed by atoms with Crippen molar-refractivity contribution < 1.29 is 9.21 Å². The maximum absolute atomic E-state index is 13.5. The predicted molar refractivity (Wildman–Crippen MR) is 136 cm³/mol. The van der Waals surface area contributed by atoms with Crippen molar-refractivity contribution in [1.29, 1.82) is 0 Å². The molecule has 1 aromatic carbocycles. The molecule has 4 aromatic rings. The lowest BCUT2D eigenvalue weighted by Gasteiger charge is -2.24. The number of fused-ring (bicyclic) bond motifs is 1. The van der Waals surface area contributed by atoms with E-state index < -0.39 is 0 Å². The fourth-order valence-corrected chi connectivity index (χ4v) is 5.54. The highest BCUT2D eigenvalue weighted by molar-refractivity contribution is 7.22. The lowest BCUT2D eigenvalue weighted by atomic mass is 9.89. The highest BCUT2D eigenvalue weighted by Gasteiger charge is 2.22. The van der Waals surface area contributed by atoms with Gasteiger partial charge < -0.3 is 14.3 Å². The van der Waals surface area contributed by atoms with Crippen LogP contribution in [0.15, 0.2) is 57.9 Å². The number of amides is 1. The monoisotopic (exact) mass is 476 g/mol. The summed E-state index contributed by atoms with van der Waals surface area (Å²) in [6.45, 7) is 2.83. The molecule has 1 fully saturated rings. The topological polar surface area (TPSA) is 89.2 Å². The second kappa shape index (κ2) is 9.85. The van der Waals surface area contributed by atoms with Crippen molar-refractivity contribution in [2.45, 2.75) is 45.6 Å². The van der Waals surface area contributed by atoms with E-state index in [9.17, 15) is 9.59 Å². The number of nitrogens with zero attached hydrogens (tertiary/aromatic N) is 2. The van der Waals surface area contributed by atoms with Gasteiger partial charge in [-0.2, -0.15) is 0 Å². The molecular formula is C26H28N4O3S. The molecular weight excluding hydrogens is 448 g/mol. The number of nitrogens with one attached hydrogen (secondary N) is 2. The van der Waals surface area contributed by atoms with Crippen LogP contribution in [0.3, 0.4) is 0 Å². The quantitative estimate of drug-likeness (QED) is 0.360. The highest BCUT2D eigenvalue weighted by Crippen LogP contribution is 2.28. The number of thiazole rings is 1. The van der Waals surface area contributed by atoms with Crippen LogP contribution in [-0.2, 0) is 6.54 Å². The summed E-state index contributed by atoms with van der Waals surface area (Å²) in [5, 5.41) is 6.93. The molecule has 5 rings (SSSR count). The van der Waals surface area contributed by atoms with Crippen LogP contribution < -0.4 is 16.2 Å². The Morgan fingerprint density at radius 3 is 2.76 bits per heavy atom. The normalized spacial score (nSPS) is 14.4. The number of aromatic nitrogens is 2. The molecule has 0 spiro atoms. The Hall–Kier alpha value is -3.39. The zero-order chi connectivity index (χ0) is 23.5. The van der Waals surface area contributed by atoms with Crippen molar-refractivity contribution in [3.63, 3.8) is 0 Å². The summed E-state index contributed by atoms with van der Waals surface area (Å²) in [5.74, 6) is 0.932. The van der Waals surface area contributed by atoms with E-state index in [1.807, 2.05) is 37.3 Å². The summed E-state index contributed by atoms with van der Waals surface area (Å²) in [4.78, 5) is 31.1. The number of anilines is 2. The highest BCUT2D eigenvalue weighted by atomic mass is 32.1. The predicted octanol–water partition coefficient (Wildman–Crippen LogP) is 5.65. The Labute approximate surface area is 201 Å². The van der Waals surface area contributed by atoms with Crippen LogP contribution in [0.25, 0.3) is 10.2 Å². The zero-order valence-corrected chi connectivity index (χ0v) is 20.0. The van der Waals surface area contributed by atoms with E-state index in [1.165, 1.54) is 49.5 Å². The van der Waals surface area contributed by atoms with Gasteiger partial charge in [0.05, 0.1) is 34.3 Å².